The van der Waals surface area contributed by atoms with E-state index in [4.69, 9.17) is 21.1 Å². The molecule has 0 atom stereocenters. The summed E-state index contributed by atoms with van der Waals surface area (Å²) in [5, 5.41) is 1.12. The average molecular weight is 361 g/mol. The molecule has 0 N–H and O–H groups in total. The molecule has 0 saturated carbocycles. The van der Waals surface area contributed by atoms with E-state index in [0.717, 1.165) is 21.2 Å². The Bertz CT molecular complexity index is 607. The lowest BCUT2D eigenvalue weighted by molar-refractivity contribution is -0.0944. The van der Waals surface area contributed by atoms with Crippen LogP contribution in [0.2, 0.25) is 5.28 Å². The molecule has 0 saturated heterocycles. The van der Waals surface area contributed by atoms with Crippen molar-refractivity contribution in [3.63, 3.8) is 0 Å². The molecule has 1 heterocycles. The molecule has 5 nitrogen and oxygen atoms in total. The third-order valence-corrected chi connectivity index (χ3v) is 3.77. The second-order valence-electron chi connectivity index (χ2n) is 4.23. The molecule has 7 heteroatoms. The van der Waals surface area contributed by atoms with Crippen molar-refractivity contribution in [3.8, 4) is 0 Å². The van der Waals surface area contributed by atoms with Crippen LogP contribution in [0.1, 0.15) is 0 Å². The minimum atomic E-state index is -0.341. The Morgan fingerprint density at radius 1 is 1.30 bits per heavy atom. The Morgan fingerprint density at radius 2 is 2.00 bits per heavy atom. The third kappa shape index (κ3) is 3.20. The maximum Gasteiger partial charge on any atom is 0.224 e. The first-order valence-electron chi connectivity index (χ1n) is 5.95. The van der Waals surface area contributed by atoms with Gasteiger partial charge in [-0.15, -0.1) is 0 Å². The number of likely N-dealkylation sites (N-methyl/N-ethyl adjacent to an activating group) is 1. The first-order chi connectivity index (χ1) is 9.56. The fourth-order valence-electron chi connectivity index (χ4n) is 1.93. The van der Waals surface area contributed by atoms with Gasteiger partial charge in [0.15, 0.2) is 6.29 Å². The van der Waals surface area contributed by atoms with E-state index in [0.29, 0.717) is 6.54 Å². The highest BCUT2D eigenvalue weighted by atomic mass is 79.9. The van der Waals surface area contributed by atoms with E-state index in [-0.39, 0.29) is 11.6 Å². The van der Waals surface area contributed by atoms with E-state index < -0.39 is 0 Å². The minimum absolute atomic E-state index is 0.212. The normalized spacial score (nSPS) is 11.3. The lowest BCUT2D eigenvalue weighted by Gasteiger charge is -2.24. The summed E-state index contributed by atoms with van der Waals surface area (Å²) < 4.78 is 11.3. The van der Waals surface area contributed by atoms with Crippen molar-refractivity contribution < 1.29 is 9.47 Å². The number of fused-ring (bicyclic) bond motifs is 1. The van der Waals surface area contributed by atoms with Gasteiger partial charge in [0.2, 0.25) is 5.28 Å². The summed E-state index contributed by atoms with van der Waals surface area (Å²) >= 11 is 9.53. The summed E-state index contributed by atoms with van der Waals surface area (Å²) in [6.45, 7) is 0.525. The van der Waals surface area contributed by atoms with E-state index in [1.54, 1.807) is 14.2 Å². The molecule has 0 aliphatic heterocycles. The van der Waals surface area contributed by atoms with Gasteiger partial charge in [-0.25, -0.2) is 4.98 Å². The van der Waals surface area contributed by atoms with Crippen LogP contribution < -0.4 is 4.90 Å². The van der Waals surface area contributed by atoms with Crippen LogP contribution in [0, 0.1) is 0 Å². The number of methoxy groups -OCH3 is 2. The maximum absolute atomic E-state index is 6.00. The van der Waals surface area contributed by atoms with Crippen LogP contribution in [0.5, 0.6) is 0 Å². The van der Waals surface area contributed by atoms with Gasteiger partial charge in [0.05, 0.1) is 17.4 Å². The Kier molecular flexibility index (Phi) is 5.15. The van der Waals surface area contributed by atoms with Gasteiger partial charge >= 0.3 is 0 Å². The molecular formula is C13H15BrClN3O2. The molecule has 0 radical (unpaired) electrons. The van der Waals surface area contributed by atoms with Gasteiger partial charge in [-0.2, -0.15) is 4.98 Å². The number of hydrogen-bond acceptors (Lipinski definition) is 5. The number of ether oxygens (including phenoxy) is 2. The number of benzene rings is 1. The number of hydrogen-bond donors (Lipinski definition) is 0. The van der Waals surface area contributed by atoms with Crippen molar-refractivity contribution in [1.29, 1.82) is 0 Å². The topological polar surface area (TPSA) is 47.5 Å². The van der Waals surface area contributed by atoms with Crippen molar-refractivity contribution in [2.24, 2.45) is 0 Å². The maximum atomic E-state index is 6.00. The molecule has 2 rings (SSSR count). The summed E-state index contributed by atoms with van der Waals surface area (Å²) in [4.78, 5) is 10.5. The van der Waals surface area contributed by atoms with Gasteiger partial charge in [0.1, 0.15) is 5.82 Å². The van der Waals surface area contributed by atoms with E-state index in [9.17, 15) is 0 Å². The molecule has 0 bridgehead atoms. The quantitative estimate of drug-likeness (QED) is 0.606. The SMILES string of the molecule is COC(CN(C)c1nc(Cl)nc2cccc(Br)c12)OC. The smallest absolute Gasteiger partial charge is 0.224 e. The van der Waals surface area contributed by atoms with Crippen LogP contribution >= 0.6 is 27.5 Å². The van der Waals surface area contributed by atoms with Crippen molar-refractivity contribution >= 4 is 44.3 Å². The molecular weight excluding hydrogens is 346 g/mol. The Morgan fingerprint density at radius 3 is 2.65 bits per heavy atom. The van der Waals surface area contributed by atoms with Gasteiger partial charge < -0.3 is 14.4 Å². The van der Waals surface area contributed by atoms with Gasteiger partial charge in [-0.1, -0.05) is 6.07 Å². The first kappa shape index (κ1) is 15.4. The zero-order valence-corrected chi connectivity index (χ0v) is 13.8. The molecule has 1 aromatic carbocycles. The third-order valence-electron chi connectivity index (χ3n) is 2.94. The second-order valence-corrected chi connectivity index (χ2v) is 5.42. The molecule has 0 fully saturated rings. The molecule has 0 amide bonds. The summed E-state index contributed by atoms with van der Waals surface area (Å²) in [5.41, 5.74) is 0.785. The fraction of sp³-hybridized carbons (Fsp3) is 0.385. The molecule has 108 valence electrons. The Balaban J connectivity index is 2.47. The lowest BCUT2D eigenvalue weighted by atomic mass is 10.2. The highest BCUT2D eigenvalue weighted by Crippen LogP contribution is 2.31. The first-order valence-corrected chi connectivity index (χ1v) is 7.12. The predicted octanol–water partition coefficient (Wildman–Crippen LogP) is 3.10. The molecule has 20 heavy (non-hydrogen) atoms. The van der Waals surface area contributed by atoms with Crippen LogP contribution in [-0.4, -0.2) is 44.1 Å². The number of anilines is 1. The number of nitrogens with zero attached hydrogens (tertiary/aromatic N) is 3. The fourth-order valence-corrected chi connectivity index (χ4v) is 2.63. The molecule has 0 aliphatic rings. The second kappa shape index (κ2) is 6.67. The van der Waals surface area contributed by atoms with Gasteiger partial charge in [0, 0.05) is 25.7 Å². The highest BCUT2D eigenvalue weighted by molar-refractivity contribution is 9.10. The van der Waals surface area contributed by atoms with Crippen LogP contribution in [-0.2, 0) is 9.47 Å². The lowest BCUT2D eigenvalue weighted by Crippen LogP contribution is -2.32. The average Bonchev–Trinajstić information content (AvgIpc) is 2.43. The zero-order chi connectivity index (χ0) is 14.7. The molecule has 2 aromatic rings. The van der Waals surface area contributed by atoms with Gasteiger partial charge in [-0.3, -0.25) is 0 Å². The molecule has 1 aromatic heterocycles. The van der Waals surface area contributed by atoms with Crippen molar-refractivity contribution in [2.75, 3.05) is 32.7 Å². The zero-order valence-electron chi connectivity index (χ0n) is 11.4. The van der Waals surface area contributed by atoms with Crippen LogP contribution in [0.15, 0.2) is 22.7 Å². The Labute approximate surface area is 131 Å². The molecule has 0 unspecified atom stereocenters. The highest BCUT2D eigenvalue weighted by Gasteiger charge is 2.16. The molecule has 0 aliphatic carbocycles. The summed E-state index contributed by atoms with van der Waals surface area (Å²) in [5.74, 6) is 0.728. The van der Waals surface area contributed by atoms with E-state index in [1.807, 2.05) is 30.1 Å². The summed E-state index contributed by atoms with van der Waals surface area (Å²) in [6.07, 6.45) is -0.341. The van der Waals surface area contributed by atoms with E-state index in [2.05, 4.69) is 25.9 Å². The minimum Gasteiger partial charge on any atom is -0.354 e. The standard InChI is InChI=1S/C13H15BrClN3O2/c1-18(7-10(19-2)20-3)12-11-8(14)5-4-6-9(11)16-13(15)17-12/h4-6,10H,7H2,1-3H3. The van der Waals surface area contributed by atoms with Crippen molar-refractivity contribution in [3.05, 3.63) is 28.0 Å². The Hall–Kier alpha value is -0.950. The van der Waals surface area contributed by atoms with Crippen LogP contribution in [0.3, 0.4) is 0 Å². The largest absolute Gasteiger partial charge is 0.354 e. The van der Waals surface area contributed by atoms with Gasteiger partial charge in [-0.05, 0) is 39.7 Å². The summed E-state index contributed by atoms with van der Waals surface area (Å²) in [6, 6.07) is 5.75. The predicted molar refractivity (Wildman–Crippen MR) is 83.3 cm³/mol. The number of rotatable bonds is 5. The van der Waals surface area contributed by atoms with Crippen molar-refractivity contribution in [1.82, 2.24) is 9.97 Å². The van der Waals surface area contributed by atoms with Crippen LogP contribution in [0.25, 0.3) is 10.9 Å². The molecule has 0 spiro atoms. The van der Waals surface area contributed by atoms with Crippen molar-refractivity contribution in [2.45, 2.75) is 6.29 Å². The monoisotopic (exact) mass is 359 g/mol. The van der Waals surface area contributed by atoms with E-state index in [1.165, 1.54) is 0 Å². The van der Waals surface area contributed by atoms with E-state index >= 15 is 0 Å². The van der Waals surface area contributed by atoms with Crippen LogP contribution in [0.4, 0.5) is 5.82 Å². The van der Waals surface area contributed by atoms with Gasteiger partial charge in [0.25, 0.3) is 0 Å². The summed E-state index contributed by atoms with van der Waals surface area (Å²) in [7, 11) is 5.11. The number of halogens is 2. The number of aromatic nitrogens is 2.